The Hall–Kier alpha value is -9.90. The zero-order valence-corrected chi connectivity index (χ0v) is 45.5. The molecule has 0 spiro atoms. The molecule has 2 atom stereocenters. The maximum absolute atomic E-state index is 2.56. The molecule has 3 aromatic heterocycles. The van der Waals surface area contributed by atoms with E-state index in [1.165, 1.54) is 122 Å². The highest BCUT2D eigenvalue weighted by molar-refractivity contribution is 6.11. The van der Waals surface area contributed by atoms with Crippen LogP contribution in [0.3, 0.4) is 0 Å². The summed E-state index contributed by atoms with van der Waals surface area (Å²) in [7, 11) is 0. The molecule has 1 aliphatic heterocycles. The van der Waals surface area contributed by atoms with E-state index in [0.717, 1.165) is 25.7 Å². The SMILES string of the molecule is C1=CC2c3ccccc3N(c3ccc(C4(c5ccc(-n6c7ccccc7c7ccccc76)cc5)CCC(c5ccc(-n6c7ccccc7c7ccccc76)cc5)(c5ccc(-n6c7ccccc7c7ccccc76)cc5)CC4)cc3)C2C=C1. The van der Waals surface area contributed by atoms with Gasteiger partial charge in [0.15, 0.2) is 0 Å². The van der Waals surface area contributed by atoms with Gasteiger partial charge in [0.1, 0.15) is 0 Å². The van der Waals surface area contributed by atoms with Gasteiger partial charge < -0.3 is 18.6 Å². The molecule has 14 aromatic rings. The fraction of sp³-hybridized carbons (Fsp3) is 0.103. The van der Waals surface area contributed by atoms with Crippen molar-refractivity contribution in [3.63, 3.8) is 0 Å². The number of benzene rings is 11. The third kappa shape index (κ3) is 6.91. The Morgan fingerprint density at radius 3 is 0.890 bits per heavy atom. The molecule has 0 amide bonds. The predicted molar refractivity (Wildman–Crippen MR) is 342 cm³/mol. The summed E-state index contributed by atoms with van der Waals surface area (Å²) in [6, 6.07) is 101. The first kappa shape index (κ1) is 47.0. The van der Waals surface area contributed by atoms with Crippen LogP contribution in [0, 0.1) is 0 Å². The van der Waals surface area contributed by atoms with Gasteiger partial charge in [-0.15, -0.1) is 0 Å². The molecule has 4 heterocycles. The summed E-state index contributed by atoms with van der Waals surface area (Å²) in [6.07, 6.45) is 13.1. The summed E-state index contributed by atoms with van der Waals surface area (Å²) in [5.41, 5.74) is 19.8. The lowest BCUT2D eigenvalue weighted by atomic mass is 9.55. The summed E-state index contributed by atoms with van der Waals surface area (Å²) in [6.45, 7) is 0. The molecule has 390 valence electrons. The van der Waals surface area contributed by atoms with Gasteiger partial charge in [-0.1, -0.05) is 200 Å². The first-order chi connectivity index (χ1) is 40.6. The topological polar surface area (TPSA) is 18.0 Å². The van der Waals surface area contributed by atoms with Crippen molar-refractivity contribution in [2.75, 3.05) is 4.90 Å². The van der Waals surface area contributed by atoms with Crippen LogP contribution >= 0.6 is 0 Å². The highest BCUT2D eigenvalue weighted by Gasteiger charge is 2.47. The smallest absolute Gasteiger partial charge is 0.0629 e. The van der Waals surface area contributed by atoms with E-state index in [0.29, 0.717) is 5.92 Å². The molecule has 4 nitrogen and oxygen atoms in total. The summed E-state index contributed by atoms with van der Waals surface area (Å²) in [5.74, 6) is 0.332. The zero-order chi connectivity index (χ0) is 53.9. The lowest BCUT2D eigenvalue weighted by molar-refractivity contribution is 0.257. The monoisotopic (exact) mass is 1050 g/mol. The lowest BCUT2D eigenvalue weighted by Gasteiger charge is -2.48. The molecule has 0 radical (unpaired) electrons. The third-order valence-electron chi connectivity index (χ3n) is 19.4. The first-order valence-corrected chi connectivity index (χ1v) is 29.2. The van der Waals surface area contributed by atoms with E-state index in [1.54, 1.807) is 0 Å². The number of hydrogen-bond donors (Lipinski definition) is 0. The second-order valence-corrected chi connectivity index (χ2v) is 23.2. The number of allylic oxidation sites excluding steroid dienone is 2. The number of para-hydroxylation sites is 7. The molecule has 0 saturated heterocycles. The Balaban J connectivity index is 0.807. The predicted octanol–water partition coefficient (Wildman–Crippen LogP) is 19.6. The normalized spacial score (nSPS) is 17.1. The van der Waals surface area contributed by atoms with Crippen LogP contribution in [0.2, 0.25) is 0 Å². The molecule has 2 aliphatic carbocycles. The maximum Gasteiger partial charge on any atom is 0.0629 e. The molecule has 2 unspecified atom stereocenters. The second-order valence-electron chi connectivity index (χ2n) is 23.2. The lowest BCUT2D eigenvalue weighted by Crippen LogP contribution is -2.41. The molecule has 3 aliphatic rings. The number of fused-ring (bicyclic) bond motifs is 12. The Bertz CT molecular complexity index is 4550. The minimum absolute atomic E-state index is 0.244. The summed E-state index contributed by atoms with van der Waals surface area (Å²) < 4.78 is 7.34. The first-order valence-electron chi connectivity index (χ1n) is 29.2. The van der Waals surface area contributed by atoms with E-state index in [-0.39, 0.29) is 16.9 Å². The molecule has 1 fully saturated rings. The van der Waals surface area contributed by atoms with Crippen LogP contribution < -0.4 is 4.90 Å². The van der Waals surface area contributed by atoms with E-state index >= 15 is 0 Å². The van der Waals surface area contributed by atoms with E-state index in [1.807, 2.05) is 0 Å². The average molecular weight is 1050 g/mol. The zero-order valence-electron chi connectivity index (χ0n) is 45.5. The molecular weight excluding hydrogens is 993 g/mol. The maximum atomic E-state index is 2.56. The highest BCUT2D eigenvalue weighted by Crippen LogP contribution is 2.56. The van der Waals surface area contributed by atoms with Crippen molar-refractivity contribution in [1.82, 2.24) is 13.7 Å². The van der Waals surface area contributed by atoms with Gasteiger partial charge in [0.2, 0.25) is 0 Å². The number of aromatic nitrogens is 3. The van der Waals surface area contributed by atoms with Crippen LogP contribution in [0.4, 0.5) is 11.4 Å². The number of rotatable bonds is 8. The Morgan fingerprint density at radius 2 is 0.549 bits per heavy atom. The fourth-order valence-corrected chi connectivity index (χ4v) is 15.5. The van der Waals surface area contributed by atoms with E-state index in [2.05, 4.69) is 310 Å². The minimum Gasteiger partial charge on any atom is -0.333 e. The molecule has 4 heteroatoms. The van der Waals surface area contributed by atoms with Gasteiger partial charge in [0.25, 0.3) is 0 Å². The second kappa shape index (κ2) is 18.3. The van der Waals surface area contributed by atoms with E-state index < -0.39 is 0 Å². The highest BCUT2D eigenvalue weighted by atomic mass is 15.2. The van der Waals surface area contributed by atoms with Crippen LogP contribution in [0.1, 0.15) is 59.4 Å². The van der Waals surface area contributed by atoms with Crippen molar-refractivity contribution in [2.45, 2.75) is 48.5 Å². The third-order valence-corrected chi connectivity index (χ3v) is 19.4. The standard InChI is InChI=1S/C78H58N4/c1-9-25-69-61(17-1)62-18-2-10-26-70(62)79(69)57-41-33-53(34-42-57)77(54-35-43-58(44-36-54)80-71-27-11-3-19-63(71)64-20-4-12-28-72(64)80)49-51-78(52-50-77,55-37-45-59(46-38-55)81-73-29-13-5-21-65(73)66-22-6-14-30-74(66)81)56-39-47-60(48-40-56)82-75-31-15-7-23-67(75)68-24-8-16-32-76(68)82/h1-48,61,69H,49-52H2. The van der Waals surface area contributed by atoms with Crippen LogP contribution in [0.5, 0.6) is 0 Å². The quantitative estimate of drug-likeness (QED) is 0.148. The van der Waals surface area contributed by atoms with Gasteiger partial charge in [-0.3, -0.25) is 0 Å². The van der Waals surface area contributed by atoms with Crippen LogP contribution in [0.25, 0.3) is 82.5 Å². The van der Waals surface area contributed by atoms with Gasteiger partial charge in [-0.25, -0.2) is 0 Å². The van der Waals surface area contributed by atoms with E-state index in [4.69, 9.17) is 0 Å². The number of hydrogen-bond acceptors (Lipinski definition) is 1. The van der Waals surface area contributed by atoms with Crippen LogP contribution in [0.15, 0.2) is 291 Å². The molecule has 82 heavy (non-hydrogen) atoms. The van der Waals surface area contributed by atoms with Gasteiger partial charge >= 0.3 is 0 Å². The van der Waals surface area contributed by atoms with Crippen molar-refractivity contribution in [3.8, 4) is 17.1 Å². The molecular formula is C78H58N4. The fourth-order valence-electron chi connectivity index (χ4n) is 15.5. The van der Waals surface area contributed by atoms with Crippen molar-refractivity contribution in [2.24, 2.45) is 0 Å². The average Bonchev–Trinajstić information content (AvgIpc) is 4.30. The van der Waals surface area contributed by atoms with Crippen LogP contribution in [-0.4, -0.2) is 19.7 Å². The summed E-state index contributed by atoms with van der Waals surface area (Å²) >= 11 is 0. The van der Waals surface area contributed by atoms with Crippen molar-refractivity contribution >= 4 is 76.8 Å². The summed E-state index contributed by atoms with van der Waals surface area (Å²) in [4.78, 5) is 2.56. The minimum atomic E-state index is -0.264. The molecule has 1 saturated carbocycles. The van der Waals surface area contributed by atoms with Crippen molar-refractivity contribution < 1.29 is 0 Å². The van der Waals surface area contributed by atoms with Gasteiger partial charge in [0, 0.05) is 77.5 Å². The van der Waals surface area contributed by atoms with E-state index in [9.17, 15) is 0 Å². The van der Waals surface area contributed by atoms with Crippen molar-refractivity contribution in [3.05, 3.63) is 319 Å². The molecule has 0 N–H and O–H groups in total. The summed E-state index contributed by atoms with van der Waals surface area (Å²) in [5, 5.41) is 7.66. The Labute approximate surface area is 477 Å². The van der Waals surface area contributed by atoms with Crippen LogP contribution in [-0.2, 0) is 10.8 Å². The molecule has 17 rings (SSSR count). The van der Waals surface area contributed by atoms with Crippen molar-refractivity contribution in [1.29, 1.82) is 0 Å². The van der Waals surface area contributed by atoms with Gasteiger partial charge in [-0.2, -0.15) is 0 Å². The Kier molecular flexibility index (Phi) is 10.5. The van der Waals surface area contributed by atoms with Gasteiger partial charge in [0.05, 0.1) is 39.1 Å². The number of nitrogens with zero attached hydrogens (tertiary/aromatic N) is 4. The molecule has 0 bridgehead atoms. The number of anilines is 2. The molecule has 11 aromatic carbocycles. The van der Waals surface area contributed by atoms with Gasteiger partial charge in [-0.05, 0) is 144 Å². The Morgan fingerprint density at radius 1 is 0.268 bits per heavy atom. The largest absolute Gasteiger partial charge is 0.333 e.